The Morgan fingerprint density at radius 1 is 1.32 bits per heavy atom. The monoisotopic (exact) mass is 320 g/mol. The summed E-state index contributed by atoms with van der Waals surface area (Å²) >= 11 is 1.12. The fraction of sp³-hybridized carbons (Fsp3) is 0.286. The van der Waals surface area contributed by atoms with Crippen molar-refractivity contribution in [1.82, 2.24) is 20.5 Å². The summed E-state index contributed by atoms with van der Waals surface area (Å²) in [5, 5.41) is 10.9. The van der Waals surface area contributed by atoms with Crippen molar-refractivity contribution >= 4 is 17.7 Å². The van der Waals surface area contributed by atoms with Gasteiger partial charge in [0.25, 0.3) is 5.56 Å². The summed E-state index contributed by atoms with van der Waals surface area (Å²) in [6.07, 6.45) is 0. The maximum atomic E-state index is 12.0. The van der Waals surface area contributed by atoms with Crippen molar-refractivity contribution in [2.24, 2.45) is 0 Å². The predicted molar refractivity (Wildman–Crippen MR) is 83.7 cm³/mol. The lowest BCUT2D eigenvalue weighted by Gasteiger charge is -2.04. The molecule has 2 rings (SSSR count). The Bertz CT molecular complexity index is 675. The van der Waals surface area contributed by atoms with Gasteiger partial charge < -0.3 is 10.1 Å². The van der Waals surface area contributed by atoms with Crippen LogP contribution in [0.3, 0.4) is 0 Å². The van der Waals surface area contributed by atoms with E-state index in [0.29, 0.717) is 23.9 Å². The minimum atomic E-state index is -0.330. The van der Waals surface area contributed by atoms with Crippen LogP contribution in [0.15, 0.2) is 40.3 Å². The highest BCUT2D eigenvalue weighted by atomic mass is 32.2. The van der Waals surface area contributed by atoms with Crippen LogP contribution in [-0.2, 0) is 9.53 Å². The van der Waals surface area contributed by atoms with Crippen molar-refractivity contribution in [3.05, 3.63) is 40.7 Å². The Morgan fingerprint density at radius 2 is 2.09 bits per heavy atom. The number of carbonyl (C=O) groups excluding carboxylic acids is 1. The summed E-state index contributed by atoms with van der Waals surface area (Å²) in [5.41, 5.74) is 0.628. The molecule has 0 unspecified atom stereocenters. The minimum Gasteiger partial charge on any atom is -0.383 e. The van der Waals surface area contributed by atoms with Crippen LogP contribution in [0, 0.1) is 0 Å². The highest BCUT2D eigenvalue weighted by molar-refractivity contribution is 7.99. The van der Waals surface area contributed by atoms with Crippen LogP contribution in [0.1, 0.15) is 0 Å². The molecule has 0 bridgehead atoms. The van der Waals surface area contributed by atoms with E-state index in [2.05, 4.69) is 20.5 Å². The maximum Gasteiger partial charge on any atom is 0.278 e. The highest BCUT2D eigenvalue weighted by Gasteiger charge is 2.09. The van der Waals surface area contributed by atoms with Crippen molar-refractivity contribution < 1.29 is 9.53 Å². The number of aromatic amines is 1. The summed E-state index contributed by atoms with van der Waals surface area (Å²) in [7, 11) is 1.57. The van der Waals surface area contributed by atoms with Gasteiger partial charge in [0.1, 0.15) is 0 Å². The number of nitrogens with zero attached hydrogens (tertiary/aromatic N) is 2. The van der Waals surface area contributed by atoms with E-state index in [1.54, 1.807) is 19.2 Å². The smallest absolute Gasteiger partial charge is 0.278 e. The second-order valence-corrected chi connectivity index (χ2v) is 5.27. The Kier molecular flexibility index (Phi) is 6.11. The van der Waals surface area contributed by atoms with E-state index in [0.717, 1.165) is 11.8 Å². The fourth-order valence-corrected chi connectivity index (χ4v) is 2.28. The molecule has 0 fully saturated rings. The summed E-state index contributed by atoms with van der Waals surface area (Å²) < 4.78 is 4.83. The number of thioether (sulfide) groups is 1. The molecule has 2 N–H and O–H groups in total. The van der Waals surface area contributed by atoms with Crippen LogP contribution in [0.5, 0.6) is 0 Å². The van der Waals surface area contributed by atoms with Crippen molar-refractivity contribution in [3.8, 4) is 11.3 Å². The number of benzene rings is 1. The van der Waals surface area contributed by atoms with Crippen molar-refractivity contribution in [2.45, 2.75) is 5.16 Å². The molecule has 1 amide bonds. The predicted octanol–water partition coefficient (Wildman–Crippen LogP) is 0.687. The van der Waals surface area contributed by atoms with Gasteiger partial charge in [-0.1, -0.05) is 42.1 Å². The molecule has 0 saturated heterocycles. The van der Waals surface area contributed by atoms with Gasteiger partial charge in [0.05, 0.1) is 12.4 Å². The Labute approximate surface area is 131 Å². The van der Waals surface area contributed by atoms with Gasteiger partial charge in [0, 0.05) is 19.2 Å². The first-order valence-corrected chi connectivity index (χ1v) is 7.60. The number of nitrogens with one attached hydrogen (secondary N) is 2. The zero-order chi connectivity index (χ0) is 15.8. The number of H-pyrrole nitrogens is 1. The molecule has 1 aromatic heterocycles. The van der Waals surface area contributed by atoms with Gasteiger partial charge in [-0.3, -0.25) is 14.6 Å². The largest absolute Gasteiger partial charge is 0.383 e. The van der Waals surface area contributed by atoms with Crippen LogP contribution in [0.2, 0.25) is 0 Å². The van der Waals surface area contributed by atoms with Gasteiger partial charge in [-0.25, -0.2) is 0 Å². The zero-order valence-electron chi connectivity index (χ0n) is 12.0. The second-order valence-electron chi connectivity index (χ2n) is 4.31. The summed E-state index contributed by atoms with van der Waals surface area (Å²) in [6.45, 7) is 0.907. The molecule has 0 spiro atoms. The number of rotatable bonds is 7. The minimum absolute atomic E-state index is 0.152. The normalized spacial score (nSPS) is 10.4. The topological polar surface area (TPSA) is 97.0 Å². The van der Waals surface area contributed by atoms with E-state index >= 15 is 0 Å². The van der Waals surface area contributed by atoms with Crippen molar-refractivity contribution in [3.63, 3.8) is 0 Å². The lowest BCUT2D eigenvalue weighted by molar-refractivity contribution is -0.118. The van der Waals surface area contributed by atoms with Crippen LogP contribution >= 0.6 is 11.8 Å². The highest BCUT2D eigenvalue weighted by Crippen LogP contribution is 2.13. The molecule has 0 aliphatic heterocycles. The van der Waals surface area contributed by atoms with Crippen LogP contribution in [-0.4, -0.2) is 47.1 Å². The first-order valence-electron chi connectivity index (χ1n) is 6.61. The van der Waals surface area contributed by atoms with Gasteiger partial charge in [0.2, 0.25) is 5.91 Å². The SMILES string of the molecule is COCCNC(=O)CSc1nnc(-c2ccccc2)c(=O)[nH]1. The van der Waals surface area contributed by atoms with Gasteiger partial charge in [-0.15, -0.1) is 10.2 Å². The number of hydrogen-bond acceptors (Lipinski definition) is 6. The summed E-state index contributed by atoms with van der Waals surface area (Å²) in [4.78, 5) is 26.2. The number of ether oxygens (including phenoxy) is 1. The average molecular weight is 320 g/mol. The van der Waals surface area contributed by atoms with E-state index in [1.165, 1.54) is 0 Å². The fourth-order valence-electron chi connectivity index (χ4n) is 1.65. The third kappa shape index (κ3) is 4.68. The van der Waals surface area contributed by atoms with Gasteiger partial charge >= 0.3 is 0 Å². The first-order chi connectivity index (χ1) is 10.7. The second kappa shape index (κ2) is 8.30. The number of amides is 1. The summed E-state index contributed by atoms with van der Waals surface area (Å²) in [6, 6.07) is 9.08. The third-order valence-electron chi connectivity index (χ3n) is 2.69. The van der Waals surface area contributed by atoms with E-state index < -0.39 is 0 Å². The standard InChI is InChI=1S/C14H16N4O3S/c1-21-8-7-15-11(19)9-22-14-16-13(20)12(17-18-14)10-5-3-2-4-6-10/h2-6H,7-9H2,1H3,(H,15,19)(H,16,18,20). The average Bonchev–Trinajstić information content (AvgIpc) is 2.54. The Morgan fingerprint density at radius 3 is 2.77 bits per heavy atom. The molecule has 0 aliphatic rings. The third-order valence-corrected chi connectivity index (χ3v) is 3.56. The van der Waals surface area contributed by atoms with Gasteiger partial charge in [0.15, 0.2) is 10.9 Å². The van der Waals surface area contributed by atoms with Crippen LogP contribution in [0.25, 0.3) is 11.3 Å². The Hall–Kier alpha value is -2.19. The van der Waals surface area contributed by atoms with Crippen LogP contribution in [0.4, 0.5) is 0 Å². The molecule has 7 nitrogen and oxygen atoms in total. The molecule has 116 valence electrons. The first kappa shape index (κ1) is 16.2. The molecule has 1 aromatic carbocycles. The maximum absolute atomic E-state index is 12.0. The molecule has 0 aliphatic carbocycles. The lowest BCUT2D eigenvalue weighted by Crippen LogP contribution is -2.28. The quantitative estimate of drug-likeness (QED) is 0.575. The number of aromatic nitrogens is 3. The zero-order valence-corrected chi connectivity index (χ0v) is 12.9. The van der Waals surface area contributed by atoms with E-state index in [4.69, 9.17) is 4.74 Å². The lowest BCUT2D eigenvalue weighted by atomic mass is 10.2. The van der Waals surface area contributed by atoms with Gasteiger partial charge in [-0.05, 0) is 0 Å². The number of methoxy groups -OCH3 is 1. The number of hydrogen-bond donors (Lipinski definition) is 2. The Balaban J connectivity index is 1.96. The van der Waals surface area contributed by atoms with Crippen LogP contribution < -0.4 is 10.9 Å². The molecule has 2 aromatic rings. The molecule has 8 heteroatoms. The van der Waals surface area contributed by atoms with Crippen molar-refractivity contribution in [2.75, 3.05) is 26.0 Å². The molecule has 22 heavy (non-hydrogen) atoms. The van der Waals surface area contributed by atoms with Crippen molar-refractivity contribution in [1.29, 1.82) is 0 Å². The molecule has 0 saturated carbocycles. The van der Waals surface area contributed by atoms with E-state index in [1.807, 2.05) is 18.2 Å². The van der Waals surface area contributed by atoms with Gasteiger partial charge in [-0.2, -0.15) is 0 Å². The molecular weight excluding hydrogens is 304 g/mol. The van der Waals surface area contributed by atoms with E-state index in [9.17, 15) is 9.59 Å². The summed E-state index contributed by atoms with van der Waals surface area (Å²) in [5.74, 6) is -0.00390. The molecule has 1 heterocycles. The van der Waals surface area contributed by atoms with E-state index in [-0.39, 0.29) is 22.9 Å². The molecular formula is C14H16N4O3S. The molecule has 0 atom stereocenters. The number of carbonyl (C=O) groups is 1. The molecule has 0 radical (unpaired) electrons.